The second kappa shape index (κ2) is 5.77. The van der Waals surface area contributed by atoms with Gasteiger partial charge in [0.25, 0.3) is 0 Å². The van der Waals surface area contributed by atoms with Gasteiger partial charge in [-0.3, -0.25) is 0 Å². The van der Waals surface area contributed by atoms with Crippen molar-refractivity contribution in [2.75, 3.05) is 18.1 Å². The number of carboxylic acid groups (broad SMARTS) is 1. The molecule has 18 heavy (non-hydrogen) atoms. The highest BCUT2D eigenvalue weighted by atomic mass is 16.4. The lowest BCUT2D eigenvalue weighted by Crippen LogP contribution is -2.36. The minimum Gasteiger partial charge on any atom is -0.476 e. The van der Waals surface area contributed by atoms with Crippen LogP contribution in [0.2, 0.25) is 0 Å². The summed E-state index contributed by atoms with van der Waals surface area (Å²) in [6.07, 6.45) is 7.28. The monoisotopic (exact) mass is 251 g/mol. The van der Waals surface area contributed by atoms with E-state index in [0.29, 0.717) is 18.4 Å². The van der Waals surface area contributed by atoms with Gasteiger partial charge in [-0.15, -0.1) is 0 Å². The Morgan fingerprint density at radius 2 is 2.06 bits per heavy atom. The van der Waals surface area contributed by atoms with Gasteiger partial charge in [0.2, 0.25) is 0 Å². The van der Waals surface area contributed by atoms with Crippen molar-refractivity contribution in [1.82, 2.24) is 9.97 Å². The van der Waals surface area contributed by atoms with Crippen molar-refractivity contribution < 1.29 is 15.0 Å². The average molecular weight is 251 g/mol. The van der Waals surface area contributed by atoms with Gasteiger partial charge in [0.15, 0.2) is 5.69 Å². The van der Waals surface area contributed by atoms with E-state index >= 15 is 0 Å². The highest BCUT2D eigenvalue weighted by Gasteiger charge is 2.23. The molecule has 1 aromatic rings. The number of aromatic nitrogens is 2. The molecule has 6 nitrogen and oxygen atoms in total. The van der Waals surface area contributed by atoms with Crippen molar-refractivity contribution in [3.05, 3.63) is 18.1 Å². The van der Waals surface area contributed by atoms with E-state index < -0.39 is 5.97 Å². The SMILES string of the molecule is O=C(O)c1cnc(N(CCO)C2CCCC2)cn1. The molecule has 0 amide bonds. The van der Waals surface area contributed by atoms with Crippen LogP contribution in [0.4, 0.5) is 5.82 Å². The maximum absolute atomic E-state index is 10.7. The molecule has 98 valence electrons. The van der Waals surface area contributed by atoms with Gasteiger partial charge in [-0.2, -0.15) is 0 Å². The van der Waals surface area contributed by atoms with Crippen molar-refractivity contribution >= 4 is 11.8 Å². The standard InChI is InChI=1S/C12H17N3O3/c16-6-5-15(9-3-1-2-4-9)11-8-13-10(7-14-11)12(17)18/h7-9,16H,1-6H2,(H,17,18). The van der Waals surface area contributed by atoms with Crippen LogP contribution in [0.3, 0.4) is 0 Å². The Balaban J connectivity index is 2.16. The zero-order valence-electron chi connectivity index (χ0n) is 10.1. The van der Waals surface area contributed by atoms with Crippen LogP contribution >= 0.6 is 0 Å². The Labute approximate surface area is 105 Å². The Morgan fingerprint density at radius 3 is 2.56 bits per heavy atom. The van der Waals surface area contributed by atoms with Crippen molar-refractivity contribution in [1.29, 1.82) is 0 Å². The summed E-state index contributed by atoms with van der Waals surface area (Å²) < 4.78 is 0. The molecule has 1 aliphatic rings. The van der Waals surface area contributed by atoms with E-state index in [1.54, 1.807) is 0 Å². The first kappa shape index (κ1) is 12.8. The van der Waals surface area contributed by atoms with Crippen LogP contribution in [0.25, 0.3) is 0 Å². The zero-order valence-corrected chi connectivity index (χ0v) is 10.1. The topological polar surface area (TPSA) is 86.5 Å². The maximum Gasteiger partial charge on any atom is 0.356 e. The van der Waals surface area contributed by atoms with Crippen molar-refractivity contribution in [2.45, 2.75) is 31.7 Å². The second-order valence-corrected chi connectivity index (χ2v) is 4.42. The molecule has 0 atom stereocenters. The summed E-state index contributed by atoms with van der Waals surface area (Å²) in [5, 5.41) is 17.9. The second-order valence-electron chi connectivity index (χ2n) is 4.42. The molecule has 0 spiro atoms. The molecule has 1 saturated carbocycles. The number of aliphatic hydroxyl groups is 1. The van der Waals surface area contributed by atoms with Gasteiger partial charge in [-0.25, -0.2) is 14.8 Å². The van der Waals surface area contributed by atoms with E-state index in [1.165, 1.54) is 25.2 Å². The van der Waals surface area contributed by atoms with Crippen LogP contribution in [-0.2, 0) is 0 Å². The Bertz CT molecular complexity index is 402. The third-order valence-electron chi connectivity index (χ3n) is 3.26. The quantitative estimate of drug-likeness (QED) is 0.809. The fourth-order valence-corrected chi connectivity index (χ4v) is 2.39. The molecule has 0 saturated heterocycles. The fraction of sp³-hybridized carbons (Fsp3) is 0.583. The van der Waals surface area contributed by atoms with E-state index in [0.717, 1.165) is 12.8 Å². The first-order chi connectivity index (χ1) is 8.72. The van der Waals surface area contributed by atoms with Gasteiger partial charge in [-0.1, -0.05) is 12.8 Å². The predicted octanol–water partition coefficient (Wildman–Crippen LogP) is 0.916. The van der Waals surface area contributed by atoms with Crippen LogP contribution < -0.4 is 4.90 Å². The Kier molecular flexibility index (Phi) is 4.09. The van der Waals surface area contributed by atoms with Gasteiger partial charge in [0, 0.05) is 12.6 Å². The third-order valence-corrected chi connectivity index (χ3v) is 3.26. The molecule has 1 aliphatic carbocycles. The minimum atomic E-state index is -1.08. The largest absolute Gasteiger partial charge is 0.476 e. The molecule has 0 unspecified atom stereocenters. The van der Waals surface area contributed by atoms with E-state index in [1.807, 2.05) is 4.90 Å². The summed E-state index contributed by atoms with van der Waals surface area (Å²) in [6.45, 7) is 0.560. The summed E-state index contributed by atoms with van der Waals surface area (Å²) >= 11 is 0. The summed E-state index contributed by atoms with van der Waals surface area (Å²) in [7, 11) is 0. The highest BCUT2D eigenvalue weighted by molar-refractivity contribution is 5.84. The van der Waals surface area contributed by atoms with Crippen molar-refractivity contribution in [3.63, 3.8) is 0 Å². The number of hydrogen-bond acceptors (Lipinski definition) is 5. The average Bonchev–Trinajstić information content (AvgIpc) is 2.90. The first-order valence-electron chi connectivity index (χ1n) is 6.15. The summed E-state index contributed by atoms with van der Waals surface area (Å²) in [5.41, 5.74) is -0.0610. The van der Waals surface area contributed by atoms with Crippen molar-refractivity contribution in [3.8, 4) is 0 Å². The van der Waals surface area contributed by atoms with Crippen LogP contribution in [-0.4, -0.2) is 45.3 Å². The molecule has 2 rings (SSSR count). The maximum atomic E-state index is 10.7. The lowest BCUT2D eigenvalue weighted by molar-refractivity contribution is 0.0690. The minimum absolute atomic E-state index is 0.0544. The van der Waals surface area contributed by atoms with Crippen molar-refractivity contribution in [2.24, 2.45) is 0 Å². The van der Waals surface area contributed by atoms with Crippen LogP contribution in [0.15, 0.2) is 12.4 Å². The van der Waals surface area contributed by atoms with E-state index in [9.17, 15) is 4.79 Å². The van der Waals surface area contributed by atoms with Crippen LogP contribution in [0, 0.1) is 0 Å². The lowest BCUT2D eigenvalue weighted by atomic mass is 10.2. The van der Waals surface area contributed by atoms with Gasteiger partial charge in [0.1, 0.15) is 5.82 Å². The lowest BCUT2D eigenvalue weighted by Gasteiger charge is -2.29. The summed E-state index contributed by atoms with van der Waals surface area (Å²) in [4.78, 5) is 20.7. The van der Waals surface area contributed by atoms with Crippen LogP contribution in [0.1, 0.15) is 36.2 Å². The van der Waals surface area contributed by atoms with E-state index in [2.05, 4.69) is 9.97 Å². The number of carbonyl (C=O) groups is 1. The first-order valence-corrected chi connectivity index (χ1v) is 6.15. The highest BCUT2D eigenvalue weighted by Crippen LogP contribution is 2.26. The van der Waals surface area contributed by atoms with Crippen LogP contribution in [0.5, 0.6) is 0 Å². The molecule has 1 heterocycles. The molecule has 0 aromatic carbocycles. The number of nitrogens with zero attached hydrogens (tertiary/aromatic N) is 3. The fourth-order valence-electron chi connectivity index (χ4n) is 2.39. The molecule has 0 aliphatic heterocycles. The number of aromatic carboxylic acids is 1. The van der Waals surface area contributed by atoms with E-state index in [-0.39, 0.29) is 12.3 Å². The molecule has 2 N–H and O–H groups in total. The van der Waals surface area contributed by atoms with Gasteiger partial charge >= 0.3 is 5.97 Å². The molecule has 0 bridgehead atoms. The number of rotatable bonds is 5. The number of anilines is 1. The Morgan fingerprint density at radius 1 is 1.33 bits per heavy atom. The molecule has 1 aromatic heterocycles. The number of hydrogen-bond donors (Lipinski definition) is 2. The smallest absolute Gasteiger partial charge is 0.356 e. The Hall–Kier alpha value is -1.69. The summed E-state index contributed by atoms with van der Waals surface area (Å²) in [6, 6.07) is 0.377. The number of carboxylic acids is 1. The molecule has 6 heteroatoms. The van der Waals surface area contributed by atoms with Gasteiger partial charge in [-0.05, 0) is 12.8 Å². The molecule has 1 fully saturated rings. The molecular weight excluding hydrogens is 234 g/mol. The molecular formula is C12H17N3O3. The zero-order chi connectivity index (χ0) is 13.0. The number of aliphatic hydroxyl groups excluding tert-OH is 1. The predicted molar refractivity (Wildman–Crippen MR) is 65.7 cm³/mol. The van der Waals surface area contributed by atoms with Gasteiger partial charge in [0.05, 0.1) is 19.0 Å². The molecule has 0 radical (unpaired) electrons. The summed E-state index contributed by atoms with van der Waals surface area (Å²) in [5.74, 6) is -0.440. The third kappa shape index (κ3) is 2.76. The normalized spacial score (nSPS) is 15.8. The van der Waals surface area contributed by atoms with E-state index in [4.69, 9.17) is 10.2 Å². The van der Waals surface area contributed by atoms with Gasteiger partial charge < -0.3 is 15.1 Å².